The van der Waals surface area contributed by atoms with Crippen LogP contribution in [-0.2, 0) is 6.42 Å². The van der Waals surface area contributed by atoms with Crippen molar-refractivity contribution >= 4 is 41.5 Å². The number of hydrogen-bond donors (Lipinski definition) is 1. The predicted molar refractivity (Wildman–Crippen MR) is 126 cm³/mol. The van der Waals surface area contributed by atoms with Crippen molar-refractivity contribution in [3.8, 4) is 0 Å². The van der Waals surface area contributed by atoms with Crippen LogP contribution in [0.15, 0.2) is 48.0 Å². The molecule has 3 aromatic heterocycles. The van der Waals surface area contributed by atoms with E-state index in [1.807, 2.05) is 25.4 Å². The third-order valence-corrected chi connectivity index (χ3v) is 5.02. The Hall–Kier alpha value is -2.43. The number of pyridine rings is 1. The number of guanidine groups is 1. The van der Waals surface area contributed by atoms with E-state index in [9.17, 15) is 0 Å². The van der Waals surface area contributed by atoms with E-state index in [0.29, 0.717) is 0 Å². The fourth-order valence-electron chi connectivity index (χ4n) is 3.53. The second kappa shape index (κ2) is 9.86. The van der Waals surface area contributed by atoms with Crippen LogP contribution in [0.1, 0.15) is 11.3 Å². The summed E-state index contributed by atoms with van der Waals surface area (Å²) in [5.74, 6) is 1.74. The van der Waals surface area contributed by atoms with E-state index in [1.165, 1.54) is 5.56 Å². The molecule has 0 unspecified atom stereocenters. The molecule has 1 fully saturated rings. The second-order valence-electron chi connectivity index (χ2n) is 6.90. The number of halogens is 1. The fraction of sp³-hybridized carbons (Fsp3) is 0.400. The molecule has 0 radical (unpaired) electrons. The first-order chi connectivity index (χ1) is 13.7. The standard InChI is InChI=1S/C20H26N8.HI/c1-16-5-3-10-28-15-17(25-18(16)28)6-9-24-19(21-2)26-11-13-27(14-12-26)20-22-7-4-8-23-20;/h3-5,7-8,10,15H,6,9,11-14H2,1-2H3,(H,21,24);1H. The number of nitrogens with zero attached hydrogens (tertiary/aromatic N) is 7. The molecule has 4 rings (SSSR count). The largest absolute Gasteiger partial charge is 0.356 e. The van der Waals surface area contributed by atoms with E-state index in [4.69, 9.17) is 4.98 Å². The van der Waals surface area contributed by atoms with Crippen LogP contribution in [0.3, 0.4) is 0 Å². The molecule has 4 heterocycles. The molecule has 0 amide bonds. The van der Waals surface area contributed by atoms with Gasteiger partial charge in [0.25, 0.3) is 0 Å². The molecule has 0 spiro atoms. The molecule has 1 saturated heterocycles. The van der Waals surface area contributed by atoms with Gasteiger partial charge in [0.05, 0.1) is 5.69 Å². The van der Waals surface area contributed by atoms with Gasteiger partial charge in [0.15, 0.2) is 5.96 Å². The zero-order chi connectivity index (χ0) is 19.3. The minimum atomic E-state index is 0. The predicted octanol–water partition coefficient (Wildman–Crippen LogP) is 1.99. The quantitative estimate of drug-likeness (QED) is 0.332. The summed E-state index contributed by atoms with van der Waals surface area (Å²) in [6.45, 7) is 6.45. The van der Waals surface area contributed by atoms with Gasteiger partial charge < -0.3 is 19.5 Å². The number of piperazine rings is 1. The number of aryl methyl sites for hydroxylation is 1. The Morgan fingerprint density at radius 1 is 1.14 bits per heavy atom. The van der Waals surface area contributed by atoms with E-state index < -0.39 is 0 Å². The highest BCUT2D eigenvalue weighted by Gasteiger charge is 2.20. The van der Waals surface area contributed by atoms with Crippen molar-refractivity contribution in [2.45, 2.75) is 13.3 Å². The number of aliphatic imine (C=N–C) groups is 1. The van der Waals surface area contributed by atoms with Crippen molar-refractivity contribution in [1.82, 2.24) is 29.6 Å². The Balaban J connectivity index is 0.00000240. The van der Waals surface area contributed by atoms with Crippen LogP contribution in [0, 0.1) is 6.92 Å². The third kappa shape index (κ3) is 4.95. The number of anilines is 1. The molecule has 1 N–H and O–H groups in total. The van der Waals surface area contributed by atoms with E-state index in [1.54, 1.807) is 12.4 Å². The topological polar surface area (TPSA) is 74.0 Å². The Kier molecular flexibility index (Phi) is 7.24. The maximum Gasteiger partial charge on any atom is 0.225 e. The second-order valence-corrected chi connectivity index (χ2v) is 6.90. The number of nitrogens with one attached hydrogen (secondary N) is 1. The van der Waals surface area contributed by atoms with Crippen LogP contribution in [0.25, 0.3) is 5.65 Å². The molecule has 8 nitrogen and oxygen atoms in total. The Labute approximate surface area is 188 Å². The third-order valence-electron chi connectivity index (χ3n) is 5.02. The summed E-state index contributed by atoms with van der Waals surface area (Å²) in [4.78, 5) is 22.4. The normalized spacial score (nSPS) is 14.8. The Bertz CT molecular complexity index is 948. The van der Waals surface area contributed by atoms with Crippen LogP contribution in [0.5, 0.6) is 0 Å². The van der Waals surface area contributed by atoms with E-state index in [-0.39, 0.29) is 24.0 Å². The maximum absolute atomic E-state index is 4.74. The highest BCUT2D eigenvalue weighted by Crippen LogP contribution is 2.11. The molecule has 9 heteroatoms. The molecule has 0 aliphatic carbocycles. The van der Waals surface area contributed by atoms with Crippen molar-refractivity contribution in [1.29, 1.82) is 0 Å². The lowest BCUT2D eigenvalue weighted by Crippen LogP contribution is -2.53. The van der Waals surface area contributed by atoms with Gasteiger partial charge in [-0.3, -0.25) is 4.99 Å². The summed E-state index contributed by atoms with van der Waals surface area (Å²) in [7, 11) is 1.84. The summed E-state index contributed by atoms with van der Waals surface area (Å²) in [5.41, 5.74) is 3.31. The first-order valence-corrected chi connectivity index (χ1v) is 9.65. The van der Waals surface area contributed by atoms with Gasteiger partial charge in [-0.25, -0.2) is 15.0 Å². The minimum absolute atomic E-state index is 0. The molecule has 29 heavy (non-hydrogen) atoms. The fourth-order valence-corrected chi connectivity index (χ4v) is 3.53. The molecular formula is C20H27IN8. The van der Waals surface area contributed by atoms with E-state index in [0.717, 1.165) is 62.4 Å². The molecule has 0 aromatic carbocycles. The molecule has 1 aliphatic heterocycles. The zero-order valence-corrected chi connectivity index (χ0v) is 19.2. The SMILES string of the molecule is CN=C(NCCc1cn2cccc(C)c2n1)N1CCN(c2ncccn2)CC1.I. The van der Waals surface area contributed by atoms with Crippen molar-refractivity contribution < 1.29 is 0 Å². The monoisotopic (exact) mass is 506 g/mol. The van der Waals surface area contributed by atoms with Crippen molar-refractivity contribution in [2.24, 2.45) is 4.99 Å². The number of fused-ring (bicyclic) bond motifs is 1. The molecule has 154 valence electrons. The van der Waals surface area contributed by atoms with Gasteiger partial charge in [-0.05, 0) is 24.6 Å². The smallest absolute Gasteiger partial charge is 0.225 e. The van der Waals surface area contributed by atoms with Gasteiger partial charge in [0.1, 0.15) is 5.65 Å². The van der Waals surface area contributed by atoms with Crippen LogP contribution >= 0.6 is 24.0 Å². The summed E-state index contributed by atoms with van der Waals surface area (Å²) in [6.07, 6.45) is 8.58. The molecule has 0 bridgehead atoms. The van der Waals surface area contributed by atoms with Crippen molar-refractivity contribution in [3.05, 3.63) is 54.2 Å². The van der Waals surface area contributed by atoms with Crippen LogP contribution in [0.4, 0.5) is 5.95 Å². The number of rotatable bonds is 4. The lowest BCUT2D eigenvalue weighted by Gasteiger charge is -2.36. The first-order valence-electron chi connectivity index (χ1n) is 9.65. The first kappa shape index (κ1) is 21.3. The number of hydrogen-bond acceptors (Lipinski definition) is 5. The lowest BCUT2D eigenvalue weighted by molar-refractivity contribution is 0.370. The van der Waals surface area contributed by atoms with Crippen molar-refractivity contribution in [3.63, 3.8) is 0 Å². The van der Waals surface area contributed by atoms with Gasteiger partial charge >= 0.3 is 0 Å². The maximum atomic E-state index is 4.74. The summed E-state index contributed by atoms with van der Waals surface area (Å²) < 4.78 is 2.09. The highest BCUT2D eigenvalue weighted by atomic mass is 127. The molecular weight excluding hydrogens is 479 g/mol. The number of imidazole rings is 1. The Morgan fingerprint density at radius 2 is 1.90 bits per heavy atom. The van der Waals surface area contributed by atoms with Crippen LogP contribution in [-0.4, -0.2) is 70.0 Å². The highest BCUT2D eigenvalue weighted by molar-refractivity contribution is 14.0. The number of aromatic nitrogens is 4. The van der Waals surface area contributed by atoms with Crippen LogP contribution in [0.2, 0.25) is 0 Å². The van der Waals surface area contributed by atoms with E-state index >= 15 is 0 Å². The van der Waals surface area contributed by atoms with Gasteiger partial charge in [-0.2, -0.15) is 0 Å². The zero-order valence-electron chi connectivity index (χ0n) is 16.8. The molecule has 3 aromatic rings. The summed E-state index contributed by atoms with van der Waals surface area (Å²) >= 11 is 0. The summed E-state index contributed by atoms with van der Waals surface area (Å²) in [6, 6.07) is 5.98. The molecule has 0 atom stereocenters. The van der Waals surface area contributed by atoms with Gasteiger partial charge in [-0.1, -0.05) is 6.07 Å². The average Bonchev–Trinajstić information content (AvgIpc) is 3.17. The minimum Gasteiger partial charge on any atom is -0.356 e. The Morgan fingerprint density at radius 3 is 2.59 bits per heavy atom. The lowest BCUT2D eigenvalue weighted by atomic mass is 10.3. The molecule has 0 saturated carbocycles. The van der Waals surface area contributed by atoms with Crippen molar-refractivity contribution in [2.75, 3.05) is 44.7 Å². The summed E-state index contributed by atoms with van der Waals surface area (Å²) in [5, 5.41) is 3.48. The average molecular weight is 506 g/mol. The molecule has 1 aliphatic rings. The van der Waals surface area contributed by atoms with Gasteiger partial charge in [0, 0.05) is 71.0 Å². The van der Waals surface area contributed by atoms with E-state index in [2.05, 4.69) is 53.7 Å². The van der Waals surface area contributed by atoms with Gasteiger partial charge in [0.2, 0.25) is 5.95 Å². The van der Waals surface area contributed by atoms with Gasteiger partial charge in [-0.15, -0.1) is 24.0 Å². The van der Waals surface area contributed by atoms with Crippen LogP contribution < -0.4 is 10.2 Å².